The van der Waals surface area contributed by atoms with E-state index in [-0.39, 0.29) is 23.3 Å². The van der Waals surface area contributed by atoms with E-state index in [0.29, 0.717) is 11.2 Å². The molecular weight excluding hydrogens is 271 g/mol. The average Bonchev–Trinajstić information content (AvgIpc) is 3.05. The summed E-state index contributed by atoms with van der Waals surface area (Å²) in [5.74, 6) is -0.284. The van der Waals surface area contributed by atoms with E-state index < -0.39 is 12.1 Å². The lowest BCUT2D eigenvalue weighted by Crippen LogP contribution is -2.15. The Morgan fingerprint density at radius 2 is 2.26 bits per heavy atom. The van der Waals surface area contributed by atoms with E-state index in [0.717, 1.165) is 5.39 Å². The van der Waals surface area contributed by atoms with Gasteiger partial charge in [-0.3, -0.25) is 4.79 Å². The highest BCUT2D eigenvalue weighted by atomic mass is 35.5. The minimum Gasteiger partial charge on any atom is -0.383 e. The SMILES string of the molecule is Nc1nc(Cl)cc2cc(NC(=O)[C@H]3C[C@H]3F)ncc12. The second-order valence-corrected chi connectivity index (χ2v) is 4.86. The second-order valence-electron chi connectivity index (χ2n) is 4.47. The first kappa shape index (κ1) is 12.1. The summed E-state index contributed by atoms with van der Waals surface area (Å²) in [6, 6.07) is 3.26. The lowest BCUT2D eigenvalue weighted by molar-refractivity contribution is -0.117. The number of nitrogens with zero attached hydrogens (tertiary/aromatic N) is 2. The fraction of sp³-hybridized carbons (Fsp3) is 0.250. The monoisotopic (exact) mass is 280 g/mol. The van der Waals surface area contributed by atoms with Crippen LogP contribution in [-0.2, 0) is 4.79 Å². The average molecular weight is 281 g/mol. The number of halogens is 2. The molecule has 3 N–H and O–H groups in total. The van der Waals surface area contributed by atoms with Gasteiger partial charge >= 0.3 is 0 Å². The van der Waals surface area contributed by atoms with E-state index in [1.807, 2.05) is 0 Å². The maximum absolute atomic E-state index is 12.8. The normalized spacial score (nSPS) is 21.4. The fourth-order valence-electron chi connectivity index (χ4n) is 1.86. The molecule has 2 aromatic rings. The number of rotatable bonds is 2. The molecule has 2 atom stereocenters. The number of nitrogens with one attached hydrogen (secondary N) is 1. The molecule has 5 nitrogen and oxygen atoms in total. The lowest BCUT2D eigenvalue weighted by Gasteiger charge is -2.06. The Balaban J connectivity index is 1.91. The van der Waals surface area contributed by atoms with E-state index in [1.54, 1.807) is 12.1 Å². The zero-order valence-electron chi connectivity index (χ0n) is 9.73. The van der Waals surface area contributed by atoms with Crippen LogP contribution in [0.1, 0.15) is 6.42 Å². The molecule has 2 aromatic heterocycles. The van der Waals surface area contributed by atoms with Crippen molar-refractivity contribution in [3.63, 3.8) is 0 Å². The highest BCUT2D eigenvalue weighted by Gasteiger charge is 2.43. The summed E-state index contributed by atoms with van der Waals surface area (Å²) in [6.07, 6.45) is 0.751. The van der Waals surface area contributed by atoms with Crippen LogP contribution in [0, 0.1) is 5.92 Å². The van der Waals surface area contributed by atoms with Gasteiger partial charge in [-0.25, -0.2) is 14.4 Å². The molecule has 98 valence electrons. The summed E-state index contributed by atoms with van der Waals surface area (Å²) in [5, 5.41) is 4.20. The van der Waals surface area contributed by atoms with Crippen LogP contribution in [0.3, 0.4) is 0 Å². The van der Waals surface area contributed by atoms with Gasteiger partial charge < -0.3 is 11.1 Å². The molecule has 0 saturated heterocycles. The van der Waals surface area contributed by atoms with Gasteiger partial charge in [0.1, 0.15) is 23.0 Å². The summed E-state index contributed by atoms with van der Waals surface area (Å²) in [6.45, 7) is 0. The van der Waals surface area contributed by atoms with Crippen LogP contribution < -0.4 is 11.1 Å². The third kappa shape index (κ3) is 2.31. The predicted octanol–water partition coefficient (Wildman–Crippen LogP) is 2.16. The Bertz CT molecular complexity index is 678. The van der Waals surface area contributed by atoms with Crippen molar-refractivity contribution in [3.05, 3.63) is 23.5 Å². The molecule has 0 unspecified atom stereocenters. The van der Waals surface area contributed by atoms with Gasteiger partial charge in [-0.2, -0.15) is 0 Å². The van der Waals surface area contributed by atoms with Crippen molar-refractivity contribution in [1.29, 1.82) is 0 Å². The Labute approximate surface area is 113 Å². The molecule has 2 heterocycles. The van der Waals surface area contributed by atoms with Crippen molar-refractivity contribution in [1.82, 2.24) is 9.97 Å². The number of hydrogen-bond donors (Lipinski definition) is 2. The largest absolute Gasteiger partial charge is 0.383 e. The van der Waals surface area contributed by atoms with E-state index in [2.05, 4.69) is 15.3 Å². The third-order valence-electron chi connectivity index (χ3n) is 3.01. The van der Waals surface area contributed by atoms with Gasteiger partial charge in [-0.15, -0.1) is 0 Å². The number of fused-ring (bicyclic) bond motifs is 1. The molecule has 0 aromatic carbocycles. The smallest absolute Gasteiger partial charge is 0.231 e. The van der Waals surface area contributed by atoms with Crippen LogP contribution in [0.15, 0.2) is 18.3 Å². The number of nitrogens with two attached hydrogens (primary N) is 1. The summed E-state index contributed by atoms with van der Waals surface area (Å²) < 4.78 is 12.8. The molecule has 0 radical (unpaired) electrons. The van der Waals surface area contributed by atoms with Gasteiger partial charge in [0.15, 0.2) is 0 Å². The summed E-state index contributed by atoms with van der Waals surface area (Å²) in [4.78, 5) is 19.6. The van der Waals surface area contributed by atoms with Crippen molar-refractivity contribution in [2.75, 3.05) is 11.1 Å². The van der Waals surface area contributed by atoms with Crippen LogP contribution in [-0.4, -0.2) is 22.0 Å². The standard InChI is InChI=1S/C12H10ClFN4O/c13-9-1-5-2-10(16-4-7(5)11(15)17-9)18-12(19)6-3-8(6)14/h1-2,4,6,8H,3H2,(H2,15,17)(H,16,18,19)/t6-,8+/m0/s1. The molecule has 0 bridgehead atoms. The van der Waals surface area contributed by atoms with Gasteiger partial charge in [0.2, 0.25) is 5.91 Å². The zero-order chi connectivity index (χ0) is 13.6. The number of nitrogen functional groups attached to an aromatic ring is 1. The minimum absolute atomic E-state index is 0.263. The number of carbonyl (C=O) groups excluding carboxylic acids is 1. The quantitative estimate of drug-likeness (QED) is 0.826. The number of hydrogen-bond acceptors (Lipinski definition) is 4. The van der Waals surface area contributed by atoms with Crippen molar-refractivity contribution >= 4 is 39.9 Å². The van der Waals surface area contributed by atoms with Crippen LogP contribution in [0.5, 0.6) is 0 Å². The predicted molar refractivity (Wildman–Crippen MR) is 70.6 cm³/mol. The topological polar surface area (TPSA) is 80.9 Å². The molecule has 1 aliphatic carbocycles. The number of pyridine rings is 2. The van der Waals surface area contributed by atoms with Gasteiger partial charge in [-0.1, -0.05) is 11.6 Å². The maximum atomic E-state index is 12.8. The zero-order valence-corrected chi connectivity index (χ0v) is 10.5. The maximum Gasteiger partial charge on any atom is 0.231 e. The molecule has 1 fully saturated rings. The Hall–Kier alpha value is -1.95. The molecule has 3 rings (SSSR count). The highest BCUT2D eigenvalue weighted by molar-refractivity contribution is 6.30. The van der Waals surface area contributed by atoms with E-state index in [1.165, 1.54) is 6.20 Å². The Morgan fingerprint density at radius 3 is 2.95 bits per heavy atom. The van der Waals surface area contributed by atoms with Crippen molar-refractivity contribution in [2.45, 2.75) is 12.6 Å². The third-order valence-corrected chi connectivity index (χ3v) is 3.21. The van der Waals surface area contributed by atoms with E-state index >= 15 is 0 Å². The molecule has 19 heavy (non-hydrogen) atoms. The van der Waals surface area contributed by atoms with Crippen LogP contribution in [0.2, 0.25) is 5.15 Å². The van der Waals surface area contributed by atoms with Crippen molar-refractivity contribution < 1.29 is 9.18 Å². The fourth-order valence-corrected chi connectivity index (χ4v) is 2.07. The number of amides is 1. The first-order valence-electron chi connectivity index (χ1n) is 5.71. The number of carbonyl (C=O) groups is 1. The molecule has 0 aliphatic heterocycles. The molecule has 7 heteroatoms. The van der Waals surface area contributed by atoms with Crippen LogP contribution in [0.25, 0.3) is 10.8 Å². The lowest BCUT2D eigenvalue weighted by atomic mass is 10.2. The summed E-state index contributed by atoms with van der Waals surface area (Å²) in [7, 11) is 0. The van der Waals surface area contributed by atoms with Gasteiger partial charge in [-0.05, 0) is 23.9 Å². The second kappa shape index (κ2) is 4.31. The molecule has 0 spiro atoms. The highest BCUT2D eigenvalue weighted by Crippen LogP contribution is 2.34. The summed E-state index contributed by atoms with van der Waals surface area (Å²) >= 11 is 5.81. The first-order valence-corrected chi connectivity index (χ1v) is 6.09. The molecular formula is C12H10ClFN4O. The number of anilines is 2. The number of alkyl halides is 1. The van der Waals surface area contributed by atoms with E-state index in [9.17, 15) is 9.18 Å². The van der Waals surface area contributed by atoms with Gasteiger partial charge in [0.05, 0.1) is 5.92 Å². The van der Waals surface area contributed by atoms with Crippen molar-refractivity contribution in [2.24, 2.45) is 5.92 Å². The number of aromatic nitrogens is 2. The molecule has 1 saturated carbocycles. The summed E-state index contributed by atoms with van der Waals surface area (Å²) in [5.41, 5.74) is 5.71. The minimum atomic E-state index is -1.03. The molecule has 1 aliphatic rings. The first-order chi connectivity index (χ1) is 9.04. The Morgan fingerprint density at radius 1 is 1.53 bits per heavy atom. The van der Waals surface area contributed by atoms with Gasteiger partial charge in [0, 0.05) is 11.6 Å². The van der Waals surface area contributed by atoms with Crippen LogP contribution >= 0.6 is 11.6 Å². The van der Waals surface area contributed by atoms with Crippen LogP contribution in [0.4, 0.5) is 16.0 Å². The Kier molecular flexibility index (Phi) is 2.74. The van der Waals surface area contributed by atoms with Crippen molar-refractivity contribution in [3.8, 4) is 0 Å². The van der Waals surface area contributed by atoms with Gasteiger partial charge in [0.25, 0.3) is 0 Å². The molecule has 1 amide bonds. The van der Waals surface area contributed by atoms with E-state index in [4.69, 9.17) is 17.3 Å².